The number of piperidine rings is 1. The number of carbonyl (C=O) groups excluding carboxylic acids is 1. The Morgan fingerprint density at radius 2 is 2.03 bits per heavy atom. The summed E-state index contributed by atoms with van der Waals surface area (Å²) in [5.41, 5.74) is 0.421. The number of H-pyrrole nitrogens is 1. The fraction of sp³-hybridized carbons (Fsp3) is 0.526. The summed E-state index contributed by atoms with van der Waals surface area (Å²) >= 11 is 5.15. The molecule has 0 spiro atoms. The fourth-order valence-electron chi connectivity index (χ4n) is 3.60. The van der Waals surface area contributed by atoms with Crippen LogP contribution in [0.1, 0.15) is 49.3 Å². The molecule has 0 saturated carbocycles. The van der Waals surface area contributed by atoms with Crippen molar-refractivity contribution in [2.75, 3.05) is 13.1 Å². The maximum absolute atomic E-state index is 12.9. The molecule has 2 N–H and O–H groups in total. The van der Waals surface area contributed by atoms with Gasteiger partial charge in [0.25, 0.3) is 5.91 Å². The van der Waals surface area contributed by atoms with Gasteiger partial charge in [0.2, 0.25) is 10.0 Å². The summed E-state index contributed by atoms with van der Waals surface area (Å²) in [4.78, 5) is 12.6. The van der Waals surface area contributed by atoms with E-state index in [1.165, 1.54) is 12.1 Å². The topological polar surface area (TPSA) is 100 Å². The third kappa shape index (κ3) is 4.76. The number of amides is 1. The monoisotopic (exact) mass is 437 g/mol. The number of hydrogen-bond acceptors (Lipinski definition) is 5. The van der Waals surface area contributed by atoms with Crippen LogP contribution in [0.3, 0.4) is 0 Å². The lowest BCUT2D eigenvalue weighted by molar-refractivity contribution is 0.0953. The van der Waals surface area contributed by atoms with Crippen molar-refractivity contribution in [3.05, 3.63) is 40.4 Å². The van der Waals surface area contributed by atoms with Gasteiger partial charge in [-0.2, -0.15) is 9.40 Å². The van der Waals surface area contributed by atoms with Crippen LogP contribution in [0.25, 0.3) is 0 Å². The fourth-order valence-corrected chi connectivity index (χ4v) is 5.58. The second-order valence-corrected chi connectivity index (χ2v) is 9.46. The molecule has 1 aromatic carbocycles. The molecular weight excluding hydrogens is 410 g/mol. The van der Waals surface area contributed by atoms with Gasteiger partial charge < -0.3 is 9.88 Å². The molecule has 1 aromatic heterocycles. The molecule has 1 aliphatic rings. The Labute approximate surface area is 176 Å². The Morgan fingerprint density at radius 3 is 2.69 bits per heavy atom. The first kappa shape index (κ1) is 21.7. The molecule has 10 heteroatoms. The standard InChI is InChI=1S/C19H27N5O3S2/c1-3-23-17(21-22-19(23)28)11-12-20-18(25)15-7-9-16(10-8-15)29(26,27)24-13-5-4-6-14(24)2/h7-10,14H,3-6,11-13H2,1-2H3,(H,20,25)(H,22,28). The average Bonchev–Trinajstić information content (AvgIpc) is 3.07. The maximum atomic E-state index is 12.9. The van der Waals surface area contributed by atoms with Crippen molar-refractivity contribution >= 4 is 28.1 Å². The zero-order chi connectivity index (χ0) is 21.0. The molecule has 8 nitrogen and oxygen atoms in total. The minimum Gasteiger partial charge on any atom is -0.352 e. The summed E-state index contributed by atoms with van der Waals surface area (Å²) in [5, 5.41) is 9.76. The molecule has 1 aliphatic heterocycles. The highest BCUT2D eigenvalue weighted by Gasteiger charge is 2.30. The van der Waals surface area contributed by atoms with E-state index < -0.39 is 10.0 Å². The van der Waals surface area contributed by atoms with Crippen LogP contribution >= 0.6 is 12.2 Å². The van der Waals surface area contributed by atoms with E-state index in [1.54, 1.807) is 16.4 Å². The van der Waals surface area contributed by atoms with E-state index in [0.29, 0.717) is 36.4 Å². The van der Waals surface area contributed by atoms with E-state index in [4.69, 9.17) is 12.2 Å². The molecule has 1 fully saturated rings. The van der Waals surface area contributed by atoms with E-state index in [9.17, 15) is 13.2 Å². The van der Waals surface area contributed by atoms with Crippen LogP contribution in [-0.2, 0) is 23.0 Å². The maximum Gasteiger partial charge on any atom is 0.251 e. The van der Waals surface area contributed by atoms with E-state index in [-0.39, 0.29) is 16.8 Å². The van der Waals surface area contributed by atoms with Gasteiger partial charge in [0.05, 0.1) is 4.90 Å². The SMILES string of the molecule is CCn1c(CCNC(=O)c2ccc(S(=O)(=O)N3CCCCC3C)cc2)n[nH]c1=S. The first-order valence-electron chi connectivity index (χ1n) is 9.88. The molecule has 29 heavy (non-hydrogen) atoms. The highest BCUT2D eigenvalue weighted by molar-refractivity contribution is 7.89. The van der Waals surface area contributed by atoms with Gasteiger partial charge in [-0.3, -0.25) is 9.89 Å². The Balaban J connectivity index is 1.62. The lowest BCUT2D eigenvalue weighted by atomic mass is 10.1. The Bertz CT molecular complexity index is 1010. The van der Waals surface area contributed by atoms with Gasteiger partial charge in [-0.05, 0) is 63.2 Å². The largest absolute Gasteiger partial charge is 0.352 e. The molecule has 2 aromatic rings. The Hall–Kier alpha value is -2.04. The molecule has 3 rings (SSSR count). The molecule has 1 saturated heterocycles. The molecule has 0 bridgehead atoms. The molecule has 1 atom stereocenters. The van der Waals surface area contributed by atoms with Gasteiger partial charge in [0.15, 0.2) is 4.77 Å². The van der Waals surface area contributed by atoms with Crippen molar-refractivity contribution in [1.29, 1.82) is 0 Å². The summed E-state index contributed by atoms with van der Waals surface area (Å²) in [6, 6.07) is 6.12. The lowest BCUT2D eigenvalue weighted by Crippen LogP contribution is -2.41. The predicted molar refractivity (Wildman–Crippen MR) is 113 cm³/mol. The second-order valence-electron chi connectivity index (χ2n) is 7.18. The number of nitrogens with one attached hydrogen (secondary N) is 2. The van der Waals surface area contributed by atoms with Crippen molar-refractivity contribution in [2.24, 2.45) is 0 Å². The molecule has 158 valence electrons. The van der Waals surface area contributed by atoms with Crippen molar-refractivity contribution in [2.45, 2.75) is 57.0 Å². The minimum atomic E-state index is -3.53. The van der Waals surface area contributed by atoms with Crippen LogP contribution in [0.4, 0.5) is 0 Å². The molecule has 1 amide bonds. The van der Waals surface area contributed by atoms with Crippen molar-refractivity contribution in [3.8, 4) is 0 Å². The van der Waals surface area contributed by atoms with Crippen LogP contribution in [0, 0.1) is 4.77 Å². The van der Waals surface area contributed by atoms with Gasteiger partial charge in [-0.15, -0.1) is 0 Å². The van der Waals surface area contributed by atoms with Crippen LogP contribution in [0.5, 0.6) is 0 Å². The van der Waals surface area contributed by atoms with E-state index in [2.05, 4.69) is 15.5 Å². The zero-order valence-corrected chi connectivity index (χ0v) is 18.4. The number of aromatic amines is 1. The van der Waals surface area contributed by atoms with E-state index in [0.717, 1.165) is 25.1 Å². The van der Waals surface area contributed by atoms with Gasteiger partial charge in [-0.1, -0.05) is 6.42 Å². The lowest BCUT2D eigenvalue weighted by Gasteiger charge is -2.32. The van der Waals surface area contributed by atoms with Crippen molar-refractivity contribution in [1.82, 2.24) is 24.4 Å². The Kier molecular flexibility index (Phi) is 6.86. The van der Waals surface area contributed by atoms with Gasteiger partial charge in [0, 0.05) is 37.7 Å². The summed E-state index contributed by atoms with van der Waals surface area (Å²) in [7, 11) is -3.53. The number of aromatic nitrogens is 3. The van der Waals surface area contributed by atoms with Gasteiger partial charge >= 0.3 is 0 Å². The first-order valence-corrected chi connectivity index (χ1v) is 11.7. The highest BCUT2D eigenvalue weighted by atomic mass is 32.2. The van der Waals surface area contributed by atoms with Crippen LogP contribution in [0.15, 0.2) is 29.2 Å². The quantitative estimate of drug-likeness (QED) is 0.648. The third-order valence-electron chi connectivity index (χ3n) is 5.25. The highest BCUT2D eigenvalue weighted by Crippen LogP contribution is 2.25. The smallest absolute Gasteiger partial charge is 0.251 e. The molecule has 1 unspecified atom stereocenters. The number of benzene rings is 1. The summed E-state index contributed by atoms with van der Waals surface area (Å²) in [5.74, 6) is 0.535. The van der Waals surface area contributed by atoms with E-state index >= 15 is 0 Å². The molecular formula is C19H27N5O3S2. The number of hydrogen-bond donors (Lipinski definition) is 2. The number of sulfonamides is 1. The average molecular weight is 438 g/mol. The summed E-state index contributed by atoms with van der Waals surface area (Å²) in [6.07, 6.45) is 3.36. The number of nitrogens with zero attached hydrogens (tertiary/aromatic N) is 3. The van der Waals surface area contributed by atoms with Crippen LogP contribution < -0.4 is 5.32 Å². The number of rotatable bonds is 7. The van der Waals surface area contributed by atoms with Crippen LogP contribution in [-0.4, -0.2) is 52.5 Å². The van der Waals surface area contributed by atoms with E-state index in [1.807, 2.05) is 18.4 Å². The van der Waals surface area contributed by atoms with Gasteiger partial charge in [-0.25, -0.2) is 8.42 Å². The third-order valence-corrected chi connectivity index (χ3v) is 7.59. The predicted octanol–water partition coefficient (Wildman–Crippen LogP) is 2.50. The van der Waals surface area contributed by atoms with Gasteiger partial charge in [0.1, 0.15) is 5.82 Å². The van der Waals surface area contributed by atoms with Crippen LogP contribution in [0.2, 0.25) is 0 Å². The molecule has 0 aliphatic carbocycles. The van der Waals surface area contributed by atoms with Crippen molar-refractivity contribution < 1.29 is 13.2 Å². The normalized spacial score (nSPS) is 17.9. The first-order chi connectivity index (χ1) is 13.8. The number of carbonyl (C=O) groups is 1. The summed E-state index contributed by atoms with van der Waals surface area (Å²) < 4.78 is 29.8. The minimum absolute atomic E-state index is 0.000263. The Morgan fingerprint density at radius 1 is 1.31 bits per heavy atom. The van der Waals surface area contributed by atoms with Crippen molar-refractivity contribution in [3.63, 3.8) is 0 Å². The summed E-state index contributed by atoms with van der Waals surface area (Å²) in [6.45, 7) is 5.58. The molecule has 0 radical (unpaired) electrons. The zero-order valence-electron chi connectivity index (χ0n) is 16.7. The molecule has 2 heterocycles. The second kappa shape index (κ2) is 9.19.